The van der Waals surface area contributed by atoms with Crippen molar-refractivity contribution in [3.05, 3.63) is 28.2 Å². The molecule has 0 aromatic carbocycles. The molecule has 0 atom stereocenters. The van der Waals surface area contributed by atoms with Crippen LogP contribution in [0.4, 0.5) is 0 Å². The number of hydrogen-bond donors (Lipinski definition) is 2. The smallest absolute Gasteiger partial charge is 0.274 e. The maximum absolute atomic E-state index is 12.2. The number of rotatable bonds is 2. The van der Waals surface area contributed by atoms with Gasteiger partial charge < -0.3 is 10.6 Å². The van der Waals surface area contributed by atoms with E-state index in [2.05, 4.69) is 10.2 Å². The van der Waals surface area contributed by atoms with Crippen molar-refractivity contribution in [1.29, 1.82) is 0 Å². The molecular formula is C12H16N4O2S. The monoisotopic (exact) mass is 280 g/mol. The van der Waals surface area contributed by atoms with E-state index in [1.807, 2.05) is 6.92 Å². The summed E-state index contributed by atoms with van der Waals surface area (Å²) in [5.41, 5.74) is 5.48. The van der Waals surface area contributed by atoms with Crippen LogP contribution in [0.3, 0.4) is 0 Å². The van der Waals surface area contributed by atoms with Crippen LogP contribution in [-0.4, -0.2) is 39.1 Å². The number of nitrogens with zero attached hydrogens (tertiary/aromatic N) is 2. The Hall–Kier alpha value is -1.76. The summed E-state index contributed by atoms with van der Waals surface area (Å²) in [6.45, 7) is 3.20. The summed E-state index contributed by atoms with van der Waals surface area (Å²) in [6.07, 6.45) is 1.49. The Balaban J connectivity index is 2.06. The van der Waals surface area contributed by atoms with Crippen LogP contribution in [0.2, 0.25) is 0 Å². The normalized spacial score (nSPS) is 18.1. The molecule has 7 heteroatoms. The molecule has 0 bridgehead atoms. The summed E-state index contributed by atoms with van der Waals surface area (Å²) in [5, 5.41) is 6.01. The van der Waals surface area contributed by atoms with Crippen molar-refractivity contribution in [1.82, 2.24) is 15.1 Å². The van der Waals surface area contributed by atoms with Crippen LogP contribution in [0, 0.1) is 5.41 Å². The molecule has 1 fully saturated rings. The maximum Gasteiger partial charge on any atom is 0.274 e. The molecule has 0 radical (unpaired) electrons. The van der Waals surface area contributed by atoms with Gasteiger partial charge in [0.15, 0.2) is 0 Å². The fourth-order valence-electron chi connectivity index (χ4n) is 2.08. The molecule has 2 rings (SSSR count). The van der Waals surface area contributed by atoms with Gasteiger partial charge in [0.05, 0.1) is 4.99 Å². The minimum absolute atomic E-state index is 0.176. The van der Waals surface area contributed by atoms with Crippen LogP contribution < -0.4 is 11.3 Å². The fraction of sp³-hybridized carbons (Fsp3) is 0.500. The molecule has 19 heavy (non-hydrogen) atoms. The van der Waals surface area contributed by atoms with Crippen LogP contribution >= 0.6 is 12.2 Å². The number of amides is 1. The Kier molecular flexibility index (Phi) is 3.66. The zero-order chi connectivity index (χ0) is 14.0. The third-order valence-corrected chi connectivity index (χ3v) is 4.14. The number of piperidine rings is 1. The molecule has 0 aliphatic carbocycles. The van der Waals surface area contributed by atoms with Gasteiger partial charge in [-0.1, -0.05) is 19.1 Å². The highest BCUT2D eigenvalue weighted by Gasteiger charge is 2.34. The van der Waals surface area contributed by atoms with Gasteiger partial charge in [0.1, 0.15) is 5.69 Å². The molecule has 0 unspecified atom stereocenters. The number of aromatic amines is 1. The number of likely N-dealkylation sites (tertiary alicyclic amines) is 1. The number of nitrogens with one attached hydrogen (secondary N) is 1. The molecule has 1 aliphatic rings. The van der Waals surface area contributed by atoms with Gasteiger partial charge >= 0.3 is 0 Å². The second-order valence-corrected chi connectivity index (χ2v) is 5.46. The van der Waals surface area contributed by atoms with Crippen molar-refractivity contribution < 1.29 is 4.79 Å². The van der Waals surface area contributed by atoms with E-state index in [1.165, 1.54) is 12.1 Å². The Morgan fingerprint density at radius 3 is 2.58 bits per heavy atom. The minimum Gasteiger partial charge on any atom is -0.393 e. The largest absolute Gasteiger partial charge is 0.393 e. The predicted octanol–water partition coefficient (Wildman–Crippen LogP) is 0.298. The summed E-state index contributed by atoms with van der Waals surface area (Å²) in [6, 6.07) is 2.73. The molecule has 1 saturated heterocycles. The number of thiocarbonyl (C=S) groups is 1. The standard InChI is InChI=1S/C12H16N4O2S/c1-12(11(13)19)4-6-16(7-5-12)10(18)8-2-3-9(17)15-14-8/h2-3H,4-7H2,1H3,(H2,13,19)(H,15,17). The Bertz CT molecular complexity index is 541. The van der Waals surface area contributed by atoms with Crippen LogP contribution in [0.5, 0.6) is 0 Å². The third kappa shape index (κ3) is 2.81. The molecule has 1 aromatic heterocycles. The lowest BCUT2D eigenvalue weighted by Crippen LogP contribution is -2.47. The molecule has 102 valence electrons. The van der Waals surface area contributed by atoms with E-state index in [-0.39, 0.29) is 22.6 Å². The topological polar surface area (TPSA) is 92.1 Å². The first-order chi connectivity index (χ1) is 8.92. The van der Waals surface area contributed by atoms with E-state index in [4.69, 9.17) is 18.0 Å². The van der Waals surface area contributed by atoms with Crippen molar-refractivity contribution in [2.24, 2.45) is 11.1 Å². The average molecular weight is 280 g/mol. The van der Waals surface area contributed by atoms with Crippen LogP contribution in [0.1, 0.15) is 30.3 Å². The molecule has 1 aromatic rings. The highest BCUT2D eigenvalue weighted by Crippen LogP contribution is 2.31. The zero-order valence-corrected chi connectivity index (χ0v) is 11.5. The molecule has 1 aliphatic heterocycles. The molecule has 0 spiro atoms. The van der Waals surface area contributed by atoms with Gasteiger partial charge in [-0.3, -0.25) is 9.59 Å². The van der Waals surface area contributed by atoms with Gasteiger partial charge in [0.25, 0.3) is 11.5 Å². The zero-order valence-electron chi connectivity index (χ0n) is 10.7. The van der Waals surface area contributed by atoms with Gasteiger partial charge in [0.2, 0.25) is 0 Å². The van der Waals surface area contributed by atoms with E-state index < -0.39 is 0 Å². The molecule has 0 saturated carbocycles. The van der Waals surface area contributed by atoms with Crippen molar-refractivity contribution in [2.75, 3.05) is 13.1 Å². The predicted molar refractivity (Wildman–Crippen MR) is 74.9 cm³/mol. The highest BCUT2D eigenvalue weighted by atomic mass is 32.1. The van der Waals surface area contributed by atoms with E-state index in [0.717, 1.165) is 12.8 Å². The number of hydrogen-bond acceptors (Lipinski definition) is 4. The summed E-state index contributed by atoms with van der Waals surface area (Å²) < 4.78 is 0. The fourth-order valence-corrected chi connectivity index (χ4v) is 2.28. The molecule has 3 N–H and O–H groups in total. The Morgan fingerprint density at radius 1 is 1.47 bits per heavy atom. The number of aromatic nitrogens is 2. The lowest BCUT2D eigenvalue weighted by Gasteiger charge is -2.38. The van der Waals surface area contributed by atoms with Crippen molar-refractivity contribution in [3.8, 4) is 0 Å². The Morgan fingerprint density at radius 2 is 2.11 bits per heavy atom. The van der Waals surface area contributed by atoms with E-state index >= 15 is 0 Å². The number of carbonyl (C=O) groups excluding carboxylic acids is 1. The van der Waals surface area contributed by atoms with E-state index in [0.29, 0.717) is 18.1 Å². The average Bonchev–Trinajstić information content (AvgIpc) is 2.39. The second-order valence-electron chi connectivity index (χ2n) is 5.02. The van der Waals surface area contributed by atoms with Crippen LogP contribution in [0.15, 0.2) is 16.9 Å². The number of carbonyl (C=O) groups is 1. The molecule has 2 heterocycles. The number of nitrogens with two attached hydrogens (primary N) is 1. The lowest BCUT2D eigenvalue weighted by atomic mass is 9.80. The van der Waals surface area contributed by atoms with Crippen LogP contribution in [0.25, 0.3) is 0 Å². The maximum atomic E-state index is 12.2. The molecular weight excluding hydrogens is 264 g/mol. The van der Waals surface area contributed by atoms with Crippen molar-refractivity contribution in [2.45, 2.75) is 19.8 Å². The molecule has 6 nitrogen and oxygen atoms in total. The lowest BCUT2D eigenvalue weighted by molar-refractivity contribution is 0.0663. The van der Waals surface area contributed by atoms with Gasteiger partial charge in [-0.2, -0.15) is 5.10 Å². The third-order valence-electron chi connectivity index (χ3n) is 3.65. The van der Waals surface area contributed by atoms with Gasteiger partial charge in [-0.05, 0) is 18.9 Å². The first-order valence-electron chi connectivity index (χ1n) is 6.07. The highest BCUT2D eigenvalue weighted by molar-refractivity contribution is 7.80. The summed E-state index contributed by atoms with van der Waals surface area (Å²) in [5.74, 6) is -0.179. The first-order valence-corrected chi connectivity index (χ1v) is 6.48. The summed E-state index contributed by atoms with van der Waals surface area (Å²) in [7, 11) is 0. The van der Waals surface area contributed by atoms with Crippen molar-refractivity contribution in [3.63, 3.8) is 0 Å². The van der Waals surface area contributed by atoms with E-state index in [1.54, 1.807) is 4.90 Å². The van der Waals surface area contributed by atoms with Gasteiger partial charge in [0, 0.05) is 24.6 Å². The summed E-state index contributed by atoms with van der Waals surface area (Å²) in [4.78, 5) is 25.3. The second kappa shape index (κ2) is 5.08. The summed E-state index contributed by atoms with van der Waals surface area (Å²) >= 11 is 5.06. The van der Waals surface area contributed by atoms with Gasteiger partial charge in [-0.15, -0.1) is 0 Å². The quantitative estimate of drug-likeness (QED) is 0.760. The van der Waals surface area contributed by atoms with Gasteiger partial charge in [-0.25, -0.2) is 5.10 Å². The first kappa shape index (κ1) is 13.7. The van der Waals surface area contributed by atoms with E-state index in [9.17, 15) is 9.59 Å². The minimum atomic E-state index is -0.323. The van der Waals surface area contributed by atoms with Crippen molar-refractivity contribution >= 4 is 23.1 Å². The number of H-pyrrole nitrogens is 1. The Labute approximate surface area is 116 Å². The SMILES string of the molecule is CC1(C(N)=S)CCN(C(=O)c2ccc(=O)[nH]n2)CC1. The molecule has 1 amide bonds. The van der Waals surface area contributed by atoms with Crippen LogP contribution in [-0.2, 0) is 0 Å².